The van der Waals surface area contributed by atoms with Crippen LogP contribution in [0.1, 0.15) is 24.3 Å². The van der Waals surface area contributed by atoms with Crippen LogP contribution in [0.2, 0.25) is 5.02 Å². The number of ether oxygens (including phenoxy) is 1. The predicted octanol–water partition coefficient (Wildman–Crippen LogP) is 2.47. The summed E-state index contributed by atoms with van der Waals surface area (Å²) >= 11 is 5.85. The van der Waals surface area contributed by atoms with E-state index < -0.39 is 0 Å². The van der Waals surface area contributed by atoms with Gasteiger partial charge in [-0.15, -0.1) is 0 Å². The highest BCUT2D eigenvalue weighted by Crippen LogP contribution is 2.48. The van der Waals surface area contributed by atoms with E-state index in [4.69, 9.17) is 11.6 Å². The summed E-state index contributed by atoms with van der Waals surface area (Å²) in [7, 11) is 3.07. The molecule has 1 saturated carbocycles. The standard InChI is InChI=1S/C15H18ClNO3/c1-17(8-7-14(18)20-2)15(19)13-9-12(13)10-3-5-11(16)6-4-10/h3-6,12-13H,7-9H2,1-2H3. The fraction of sp³-hybridized carbons (Fsp3) is 0.467. The summed E-state index contributed by atoms with van der Waals surface area (Å²) in [6.07, 6.45) is 1.10. The molecule has 1 aliphatic rings. The van der Waals surface area contributed by atoms with E-state index in [2.05, 4.69) is 4.74 Å². The lowest BCUT2D eigenvalue weighted by Gasteiger charge is -2.16. The average molecular weight is 296 g/mol. The molecular formula is C15H18ClNO3. The van der Waals surface area contributed by atoms with Crippen LogP contribution in [0.3, 0.4) is 0 Å². The smallest absolute Gasteiger partial charge is 0.307 e. The van der Waals surface area contributed by atoms with Crippen LogP contribution in [0, 0.1) is 5.92 Å². The maximum atomic E-state index is 12.2. The highest BCUT2D eigenvalue weighted by Gasteiger charge is 2.45. The molecule has 0 saturated heterocycles. The fourth-order valence-electron chi connectivity index (χ4n) is 2.30. The predicted molar refractivity (Wildman–Crippen MR) is 76.6 cm³/mol. The molecule has 0 aromatic heterocycles. The molecule has 20 heavy (non-hydrogen) atoms. The summed E-state index contributed by atoms with van der Waals surface area (Å²) in [5.74, 6) is 0.0997. The quantitative estimate of drug-likeness (QED) is 0.784. The van der Waals surface area contributed by atoms with Crippen molar-refractivity contribution in [3.05, 3.63) is 34.9 Å². The number of esters is 1. The van der Waals surface area contributed by atoms with Crippen molar-refractivity contribution in [1.82, 2.24) is 4.90 Å². The lowest BCUT2D eigenvalue weighted by atomic mass is 10.1. The Bertz CT molecular complexity index is 500. The minimum absolute atomic E-state index is 0.0267. The normalized spacial score (nSPS) is 20.4. The molecule has 0 radical (unpaired) electrons. The number of carbonyl (C=O) groups excluding carboxylic acids is 2. The number of nitrogens with zero attached hydrogens (tertiary/aromatic N) is 1. The maximum absolute atomic E-state index is 12.2. The van der Waals surface area contributed by atoms with E-state index >= 15 is 0 Å². The van der Waals surface area contributed by atoms with Crippen molar-refractivity contribution in [1.29, 1.82) is 0 Å². The molecule has 1 aromatic rings. The van der Waals surface area contributed by atoms with Crippen LogP contribution in [-0.4, -0.2) is 37.5 Å². The first-order valence-electron chi connectivity index (χ1n) is 6.60. The second kappa shape index (κ2) is 6.27. The maximum Gasteiger partial charge on any atom is 0.307 e. The third-order valence-electron chi connectivity index (χ3n) is 3.66. The van der Waals surface area contributed by atoms with Crippen molar-refractivity contribution in [2.24, 2.45) is 5.92 Å². The molecule has 1 aromatic carbocycles. The molecule has 0 N–H and O–H groups in total. The van der Waals surface area contributed by atoms with Gasteiger partial charge in [-0.3, -0.25) is 9.59 Å². The summed E-state index contributed by atoms with van der Waals surface area (Å²) in [6.45, 7) is 0.398. The van der Waals surface area contributed by atoms with Crippen molar-refractivity contribution >= 4 is 23.5 Å². The summed E-state index contributed by atoms with van der Waals surface area (Å²) in [6, 6.07) is 7.62. The molecule has 0 aliphatic heterocycles. The van der Waals surface area contributed by atoms with Gasteiger partial charge in [0.05, 0.1) is 13.5 Å². The molecule has 0 heterocycles. The second-order valence-electron chi connectivity index (χ2n) is 5.09. The van der Waals surface area contributed by atoms with Gasteiger partial charge < -0.3 is 9.64 Å². The third-order valence-corrected chi connectivity index (χ3v) is 3.91. The molecule has 1 amide bonds. The van der Waals surface area contributed by atoms with Gasteiger partial charge in [-0.1, -0.05) is 23.7 Å². The molecule has 2 rings (SSSR count). The number of methoxy groups -OCH3 is 1. The van der Waals surface area contributed by atoms with Crippen LogP contribution >= 0.6 is 11.6 Å². The minimum atomic E-state index is -0.297. The third kappa shape index (κ3) is 3.51. The lowest BCUT2D eigenvalue weighted by molar-refractivity contribution is -0.141. The minimum Gasteiger partial charge on any atom is -0.469 e. The summed E-state index contributed by atoms with van der Waals surface area (Å²) in [5.41, 5.74) is 1.15. The zero-order chi connectivity index (χ0) is 14.7. The van der Waals surface area contributed by atoms with E-state index in [1.807, 2.05) is 24.3 Å². The van der Waals surface area contributed by atoms with Gasteiger partial charge in [0.25, 0.3) is 0 Å². The first-order valence-corrected chi connectivity index (χ1v) is 6.98. The van der Waals surface area contributed by atoms with Crippen molar-refractivity contribution in [3.8, 4) is 0 Å². The number of hydrogen-bond donors (Lipinski definition) is 0. The number of benzene rings is 1. The molecule has 2 atom stereocenters. The zero-order valence-corrected chi connectivity index (χ0v) is 12.4. The summed E-state index contributed by atoms with van der Waals surface area (Å²) in [5, 5.41) is 0.701. The fourth-order valence-corrected chi connectivity index (χ4v) is 2.43. The Labute approximate surface area is 123 Å². The monoisotopic (exact) mass is 295 g/mol. The van der Waals surface area contributed by atoms with E-state index in [-0.39, 0.29) is 30.1 Å². The molecule has 5 heteroatoms. The molecule has 4 nitrogen and oxygen atoms in total. The van der Waals surface area contributed by atoms with E-state index in [0.29, 0.717) is 11.6 Å². The van der Waals surface area contributed by atoms with Gasteiger partial charge in [-0.2, -0.15) is 0 Å². The van der Waals surface area contributed by atoms with Crippen molar-refractivity contribution in [2.45, 2.75) is 18.8 Å². The molecule has 1 aliphatic carbocycles. The Morgan fingerprint density at radius 2 is 2.00 bits per heavy atom. The van der Waals surface area contributed by atoms with Crippen LogP contribution in [0.25, 0.3) is 0 Å². The van der Waals surface area contributed by atoms with Crippen LogP contribution < -0.4 is 0 Å². The Morgan fingerprint density at radius 3 is 2.60 bits per heavy atom. The summed E-state index contributed by atoms with van der Waals surface area (Å²) < 4.78 is 4.57. The van der Waals surface area contributed by atoms with Crippen LogP contribution in [0.5, 0.6) is 0 Å². The molecule has 2 unspecified atom stereocenters. The molecular weight excluding hydrogens is 278 g/mol. The lowest BCUT2D eigenvalue weighted by Crippen LogP contribution is -2.30. The van der Waals surface area contributed by atoms with Crippen LogP contribution in [0.15, 0.2) is 24.3 Å². The van der Waals surface area contributed by atoms with Crippen LogP contribution in [-0.2, 0) is 14.3 Å². The highest BCUT2D eigenvalue weighted by molar-refractivity contribution is 6.30. The topological polar surface area (TPSA) is 46.6 Å². The SMILES string of the molecule is COC(=O)CCN(C)C(=O)C1CC1c1ccc(Cl)cc1. The van der Waals surface area contributed by atoms with Gasteiger partial charge in [0, 0.05) is 24.5 Å². The van der Waals surface area contributed by atoms with E-state index in [1.54, 1.807) is 11.9 Å². The van der Waals surface area contributed by atoms with E-state index in [9.17, 15) is 9.59 Å². The number of halogens is 1. The molecule has 0 bridgehead atoms. The van der Waals surface area contributed by atoms with Crippen molar-refractivity contribution in [2.75, 3.05) is 20.7 Å². The average Bonchev–Trinajstić information content (AvgIpc) is 3.24. The van der Waals surface area contributed by atoms with E-state index in [0.717, 1.165) is 12.0 Å². The first kappa shape index (κ1) is 14.9. The molecule has 0 spiro atoms. The van der Waals surface area contributed by atoms with Crippen molar-refractivity contribution < 1.29 is 14.3 Å². The second-order valence-corrected chi connectivity index (χ2v) is 5.52. The number of carbonyl (C=O) groups is 2. The number of hydrogen-bond acceptors (Lipinski definition) is 3. The number of rotatable bonds is 5. The number of amides is 1. The van der Waals surface area contributed by atoms with Gasteiger partial charge in [-0.25, -0.2) is 0 Å². The van der Waals surface area contributed by atoms with Crippen LogP contribution in [0.4, 0.5) is 0 Å². The van der Waals surface area contributed by atoms with Crippen molar-refractivity contribution in [3.63, 3.8) is 0 Å². The van der Waals surface area contributed by atoms with E-state index in [1.165, 1.54) is 7.11 Å². The van der Waals surface area contributed by atoms with Gasteiger partial charge >= 0.3 is 5.97 Å². The largest absolute Gasteiger partial charge is 0.469 e. The van der Waals surface area contributed by atoms with Gasteiger partial charge in [0.1, 0.15) is 0 Å². The Balaban J connectivity index is 1.86. The zero-order valence-electron chi connectivity index (χ0n) is 11.6. The van der Waals surface area contributed by atoms with Gasteiger partial charge in [0.2, 0.25) is 5.91 Å². The van der Waals surface area contributed by atoms with Gasteiger partial charge in [0.15, 0.2) is 0 Å². The Kier molecular flexibility index (Phi) is 4.65. The first-order chi connectivity index (χ1) is 9.52. The Morgan fingerprint density at radius 1 is 1.35 bits per heavy atom. The highest BCUT2D eigenvalue weighted by atomic mass is 35.5. The molecule has 108 valence electrons. The molecule has 1 fully saturated rings. The summed E-state index contributed by atoms with van der Waals surface area (Å²) in [4.78, 5) is 24.9. The van der Waals surface area contributed by atoms with Gasteiger partial charge in [-0.05, 0) is 30.0 Å². The Hall–Kier alpha value is -1.55.